The number of benzene rings is 1. The number of ether oxygens (including phenoxy) is 2. The summed E-state index contributed by atoms with van der Waals surface area (Å²) in [5.74, 6) is -0.866. The Morgan fingerprint density at radius 1 is 1.23 bits per heavy atom. The van der Waals surface area contributed by atoms with Crippen LogP contribution in [0.4, 0.5) is 5.00 Å². The van der Waals surface area contributed by atoms with Gasteiger partial charge in [0, 0.05) is 0 Å². The maximum absolute atomic E-state index is 12.0. The number of anilines is 1. The first-order valence-electron chi connectivity index (χ1n) is 7.27. The highest BCUT2D eigenvalue weighted by molar-refractivity contribution is 7.14. The van der Waals surface area contributed by atoms with Gasteiger partial charge in [0.25, 0.3) is 5.91 Å². The highest BCUT2D eigenvalue weighted by atomic mass is 32.1. The normalized spacial score (nSPS) is 10.3. The summed E-state index contributed by atoms with van der Waals surface area (Å²) < 4.78 is 9.88. The first kappa shape index (κ1) is 18.7. The van der Waals surface area contributed by atoms with Crippen molar-refractivity contribution in [3.8, 4) is 17.9 Å². The number of hydrogen-bond donors (Lipinski definition) is 1. The number of nitrogens with one attached hydrogen (secondary N) is 1. The number of hydrogen-bond acceptors (Lipinski definition) is 7. The van der Waals surface area contributed by atoms with E-state index in [1.54, 1.807) is 41.8 Å². The Morgan fingerprint density at radius 3 is 2.58 bits per heavy atom. The van der Waals surface area contributed by atoms with E-state index in [2.05, 4.69) is 5.32 Å². The molecule has 0 saturated carbocycles. The average Bonchev–Trinajstić information content (AvgIpc) is 3.11. The minimum Gasteiger partial charge on any atom is -0.497 e. The van der Waals surface area contributed by atoms with Gasteiger partial charge < -0.3 is 14.8 Å². The minimum absolute atomic E-state index is 0.239. The Balaban J connectivity index is 1.96. The maximum Gasteiger partial charge on any atom is 0.349 e. The number of carbonyl (C=O) groups is 2. The van der Waals surface area contributed by atoms with Gasteiger partial charge in [0.2, 0.25) is 0 Å². The van der Waals surface area contributed by atoms with Crippen LogP contribution < -0.4 is 10.1 Å². The van der Waals surface area contributed by atoms with Crippen LogP contribution in [0.5, 0.6) is 5.75 Å². The smallest absolute Gasteiger partial charge is 0.349 e. The second-order valence-electron chi connectivity index (χ2n) is 4.84. The molecule has 1 amide bonds. The predicted octanol–water partition coefficient (Wildman–Crippen LogP) is 2.72. The fraction of sp³-hybridized carbons (Fsp3) is 0.111. The molecule has 1 aromatic carbocycles. The summed E-state index contributed by atoms with van der Waals surface area (Å²) in [5, 5.41) is 22.5. The first-order chi connectivity index (χ1) is 12.6. The van der Waals surface area contributed by atoms with Gasteiger partial charge in [-0.15, -0.1) is 11.3 Å². The Bertz CT molecular complexity index is 917. The van der Waals surface area contributed by atoms with Crippen molar-refractivity contribution >= 4 is 34.3 Å². The Kier molecular flexibility index (Phi) is 6.49. The van der Waals surface area contributed by atoms with Crippen LogP contribution in [-0.4, -0.2) is 25.6 Å². The molecule has 0 aliphatic heterocycles. The average molecular weight is 367 g/mol. The molecule has 2 rings (SSSR count). The van der Waals surface area contributed by atoms with E-state index >= 15 is 0 Å². The van der Waals surface area contributed by atoms with Crippen LogP contribution in [0.3, 0.4) is 0 Å². The number of rotatable bonds is 6. The molecule has 26 heavy (non-hydrogen) atoms. The van der Waals surface area contributed by atoms with Crippen molar-refractivity contribution in [2.75, 3.05) is 19.0 Å². The van der Waals surface area contributed by atoms with Crippen LogP contribution in [-0.2, 0) is 14.3 Å². The molecular weight excluding hydrogens is 354 g/mol. The molecule has 7 nitrogen and oxygen atoms in total. The van der Waals surface area contributed by atoms with Gasteiger partial charge in [-0.05, 0) is 35.2 Å². The number of nitriles is 2. The van der Waals surface area contributed by atoms with Crippen LogP contribution in [0.2, 0.25) is 0 Å². The number of esters is 1. The summed E-state index contributed by atoms with van der Waals surface area (Å²) in [6, 6.07) is 12.0. The summed E-state index contributed by atoms with van der Waals surface area (Å²) in [6.45, 7) is -0.566. The number of methoxy groups -OCH3 is 1. The highest BCUT2D eigenvalue weighted by Gasteiger charge is 2.14. The second kappa shape index (κ2) is 9.02. The van der Waals surface area contributed by atoms with Gasteiger partial charge in [-0.2, -0.15) is 10.5 Å². The second-order valence-corrected chi connectivity index (χ2v) is 5.76. The third kappa shape index (κ3) is 4.94. The maximum atomic E-state index is 12.0. The predicted molar refractivity (Wildman–Crippen MR) is 95.2 cm³/mol. The van der Waals surface area contributed by atoms with Crippen LogP contribution in [0, 0.1) is 22.7 Å². The Labute approximate surface area is 153 Å². The molecule has 0 aliphatic rings. The summed E-state index contributed by atoms with van der Waals surface area (Å²) in [4.78, 5) is 23.8. The molecule has 130 valence electrons. The largest absolute Gasteiger partial charge is 0.497 e. The zero-order valence-electron chi connectivity index (χ0n) is 13.7. The molecule has 0 aliphatic carbocycles. The molecular formula is C18H13N3O4S. The standard InChI is InChI=1S/C18H13N3O4S/c1-24-15-4-2-12(3-5-15)8-14(10-20)18(23)25-11-16(22)21-17-13(9-19)6-7-26-17/h2-8H,11H2,1H3,(H,21,22)/b14-8+. The zero-order valence-corrected chi connectivity index (χ0v) is 14.5. The number of carbonyl (C=O) groups excluding carboxylic acids is 2. The number of amides is 1. The summed E-state index contributed by atoms with van der Waals surface area (Å²) >= 11 is 1.18. The van der Waals surface area contributed by atoms with E-state index in [9.17, 15) is 9.59 Å². The molecule has 1 N–H and O–H groups in total. The van der Waals surface area contributed by atoms with Crippen LogP contribution in [0.15, 0.2) is 41.3 Å². The van der Waals surface area contributed by atoms with E-state index in [1.807, 2.05) is 6.07 Å². The molecule has 0 spiro atoms. The highest BCUT2D eigenvalue weighted by Crippen LogP contribution is 2.22. The molecule has 0 radical (unpaired) electrons. The molecule has 8 heteroatoms. The molecule has 2 aromatic rings. The van der Waals surface area contributed by atoms with E-state index in [-0.39, 0.29) is 5.57 Å². The summed E-state index contributed by atoms with van der Waals surface area (Å²) in [5.41, 5.74) is 0.699. The lowest BCUT2D eigenvalue weighted by Crippen LogP contribution is -2.21. The van der Waals surface area contributed by atoms with Gasteiger partial charge >= 0.3 is 5.97 Å². The molecule has 1 heterocycles. The third-order valence-corrected chi connectivity index (χ3v) is 3.97. The van der Waals surface area contributed by atoms with Gasteiger partial charge in [-0.25, -0.2) is 4.79 Å². The molecule has 0 saturated heterocycles. The lowest BCUT2D eigenvalue weighted by atomic mass is 10.1. The summed E-state index contributed by atoms with van der Waals surface area (Å²) in [6.07, 6.45) is 1.35. The van der Waals surface area contributed by atoms with Crippen LogP contribution in [0.1, 0.15) is 11.1 Å². The fourth-order valence-corrected chi connectivity index (χ4v) is 2.62. The van der Waals surface area contributed by atoms with E-state index in [1.165, 1.54) is 24.5 Å². The topological polar surface area (TPSA) is 112 Å². The van der Waals surface area contributed by atoms with Gasteiger partial charge in [-0.3, -0.25) is 4.79 Å². The van der Waals surface area contributed by atoms with Crippen molar-refractivity contribution in [2.24, 2.45) is 0 Å². The van der Waals surface area contributed by atoms with Crippen molar-refractivity contribution in [2.45, 2.75) is 0 Å². The van der Waals surface area contributed by atoms with Crippen molar-refractivity contribution in [1.82, 2.24) is 0 Å². The van der Waals surface area contributed by atoms with E-state index in [4.69, 9.17) is 20.0 Å². The quantitative estimate of drug-likeness (QED) is 0.477. The number of nitrogens with zero attached hydrogens (tertiary/aromatic N) is 2. The van der Waals surface area contributed by atoms with E-state index in [0.717, 1.165) is 0 Å². The van der Waals surface area contributed by atoms with Gasteiger partial charge in [0.05, 0.1) is 12.7 Å². The first-order valence-corrected chi connectivity index (χ1v) is 8.15. The van der Waals surface area contributed by atoms with E-state index in [0.29, 0.717) is 21.9 Å². The van der Waals surface area contributed by atoms with Crippen LogP contribution >= 0.6 is 11.3 Å². The SMILES string of the molecule is COc1ccc(/C=C(\C#N)C(=O)OCC(=O)Nc2sccc2C#N)cc1. The molecule has 0 unspecified atom stereocenters. The number of thiophene rings is 1. The van der Waals surface area contributed by atoms with Gasteiger partial charge in [-0.1, -0.05) is 12.1 Å². The van der Waals surface area contributed by atoms with E-state index < -0.39 is 18.5 Å². The van der Waals surface area contributed by atoms with Crippen molar-refractivity contribution < 1.29 is 19.1 Å². The summed E-state index contributed by atoms with van der Waals surface area (Å²) in [7, 11) is 1.53. The van der Waals surface area contributed by atoms with Crippen molar-refractivity contribution in [3.63, 3.8) is 0 Å². The van der Waals surface area contributed by atoms with Crippen LogP contribution in [0.25, 0.3) is 6.08 Å². The molecule has 0 bridgehead atoms. The van der Waals surface area contributed by atoms with Crippen molar-refractivity contribution in [1.29, 1.82) is 10.5 Å². The minimum atomic E-state index is -0.912. The Morgan fingerprint density at radius 2 is 1.96 bits per heavy atom. The third-order valence-electron chi connectivity index (χ3n) is 3.14. The lowest BCUT2D eigenvalue weighted by molar-refractivity contribution is -0.142. The van der Waals surface area contributed by atoms with Crippen molar-refractivity contribution in [3.05, 3.63) is 52.4 Å². The molecule has 1 aromatic heterocycles. The fourth-order valence-electron chi connectivity index (χ4n) is 1.87. The zero-order chi connectivity index (χ0) is 18.9. The monoisotopic (exact) mass is 367 g/mol. The molecule has 0 atom stereocenters. The van der Waals surface area contributed by atoms with Gasteiger partial charge in [0.15, 0.2) is 6.61 Å². The molecule has 0 fully saturated rings. The Hall–Kier alpha value is -3.62. The lowest BCUT2D eigenvalue weighted by Gasteiger charge is -2.05. The van der Waals surface area contributed by atoms with Gasteiger partial charge in [0.1, 0.15) is 28.5 Å².